The van der Waals surface area contributed by atoms with Crippen molar-refractivity contribution in [1.82, 2.24) is 10.2 Å². The van der Waals surface area contributed by atoms with Crippen LogP contribution in [0.4, 0.5) is 0 Å². The Kier molecular flexibility index (Phi) is 12.5. The molecule has 170 valence electrons. The highest BCUT2D eigenvalue weighted by molar-refractivity contribution is 7.45. The summed E-state index contributed by atoms with van der Waals surface area (Å²) in [5, 5.41) is 3.01. The summed E-state index contributed by atoms with van der Waals surface area (Å²) in [4.78, 5) is 47.5. The summed E-state index contributed by atoms with van der Waals surface area (Å²) < 4.78 is 20.3. The Morgan fingerprint density at radius 2 is 1.76 bits per heavy atom. The van der Waals surface area contributed by atoms with Gasteiger partial charge in [-0.15, -0.1) is 0 Å². The summed E-state index contributed by atoms with van der Waals surface area (Å²) in [6.07, 6.45) is 3.87. The molecule has 1 aliphatic carbocycles. The topological polar surface area (TPSA) is 146 Å². The van der Waals surface area contributed by atoms with Crippen LogP contribution in [0, 0.1) is 0 Å². The Labute approximate surface area is 172 Å². The summed E-state index contributed by atoms with van der Waals surface area (Å²) in [5.41, 5.74) is 0.619. The van der Waals surface area contributed by atoms with E-state index in [0.29, 0.717) is 18.6 Å². The first-order valence-corrected chi connectivity index (χ1v) is 11.1. The maximum absolute atomic E-state index is 12.2. The van der Waals surface area contributed by atoms with Crippen LogP contribution in [0.1, 0.15) is 47.0 Å². The second-order valence-electron chi connectivity index (χ2n) is 6.93. The van der Waals surface area contributed by atoms with E-state index in [2.05, 4.69) is 19.2 Å². The van der Waals surface area contributed by atoms with Gasteiger partial charge in [0, 0.05) is 18.5 Å². The maximum Gasteiger partial charge on any atom is 0.466 e. The minimum Gasteiger partial charge on any atom is -0.463 e. The van der Waals surface area contributed by atoms with Crippen molar-refractivity contribution < 1.29 is 38.3 Å². The quantitative estimate of drug-likeness (QED) is 0.321. The first kappa shape index (κ1) is 27.7. The minimum absolute atomic E-state index is 0.0299. The molecule has 0 heterocycles. The van der Waals surface area contributed by atoms with E-state index in [4.69, 9.17) is 28.7 Å². The lowest BCUT2D eigenvalue weighted by atomic mass is 9.87. The highest BCUT2D eigenvalue weighted by Crippen LogP contribution is 2.27. The molecule has 0 aliphatic heterocycles. The van der Waals surface area contributed by atoms with Crippen LogP contribution in [0.5, 0.6) is 0 Å². The van der Waals surface area contributed by atoms with E-state index in [1.165, 1.54) is 6.92 Å². The Hall–Kier alpha value is -1.29. The van der Waals surface area contributed by atoms with E-state index < -0.39 is 7.82 Å². The SMILES string of the molecule is CCOC(=O)C1=C[C@@H](OC(CC)CC)[C@H](NC(C)=O)[C@@H](N(C)C)C1.O=P(O)(O)O. The molecular formula is C18H35N2O8P. The van der Waals surface area contributed by atoms with Gasteiger partial charge in [-0.2, -0.15) is 0 Å². The van der Waals surface area contributed by atoms with Crippen molar-refractivity contribution in [3.8, 4) is 0 Å². The number of carbonyl (C=O) groups is 2. The average molecular weight is 438 g/mol. The molecule has 1 aliphatic rings. The molecular weight excluding hydrogens is 403 g/mol. The first-order chi connectivity index (χ1) is 13.3. The molecule has 4 N–H and O–H groups in total. The lowest BCUT2D eigenvalue weighted by Crippen LogP contribution is -2.58. The fourth-order valence-corrected chi connectivity index (χ4v) is 3.06. The molecule has 0 saturated heterocycles. The van der Waals surface area contributed by atoms with Gasteiger partial charge in [0.2, 0.25) is 5.91 Å². The lowest BCUT2D eigenvalue weighted by Gasteiger charge is -2.41. The molecule has 10 nitrogen and oxygen atoms in total. The van der Waals surface area contributed by atoms with Gasteiger partial charge in [-0.3, -0.25) is 4.79 Å². The fraction of sp³-hybridized carbons (Fsp3) is 0.778. The van der Waals surface area contributed by atoms with E-state index in [1.54, 1.807) is 6.92 Å². The van der Waals surface area contributed by atoms with E-state index in [9.17, 15) is 9.59 Å². The number of phosphoric acid groups is 1. The Morgan fingerprint density at radius 1 is 1.24 bits per heavy atom. The molecule has 0 aromatic heterocycles. The van der Waals surface area contributed by atoms with Gasteiger partial charge >= 0.3 is 13.8 Å². The number of rotatable bonds is 8. The second kappa shape index (κ2) is 13.1. The molecule has 0 unspecified atom stereocenters. The van der Waals surface area contributed by atoms with E-state index in [-0.39, 0.29) is 36.2 Å². The number of likely N-dealkylation sites (N-methyl/N-ethyl adjacent to an activating group) is 1. The van der Waals surface area contributed by atoms with Crippen LogP contribution in [-0.2, 0) is 23.6 Å². The van der Waals surface area contributed by atoms with Crippen molar-refractivity contribution in [3.05, 3.63) is 11.6 Å². The molecule has 0 spiro atoms. The van der Waals surface area contributed by atoms with Crippen LogP contribution in [0.3, 0.4) is 0 Å². The van der Waals surface area contributed by atoms with Crippen LogP contribution in [-0.4, -0.2) is 76.5 Å². The zero-order valence-corrected chi connectivity index (χ0v) is 18.9. The molecule has 3 atom stereocenters. The summed E-state index contributed by atoms with van der Waals surface area (Å²) in [7, 11) is -0.747. The monoisotopic (exact) mass is 438 g/mol. The Bertz CT molecular complexity index is 592. The number of hydrogen-bond acceptors (Lipinski definition) is 6. The third-order valence-corrected chi connectivity index (χ3v) is 4.39. The number of esters is 1. The number of nitrogens with zero attached hydrogens (tertiary/aromatic N) is 1. The van der Waals surface area contributed by atoms with E-state index in [1.807, 2.05) is 25.1 Å². The van der Waals surface area contributed by atoms with Gasteiger partial charge in [0.05, 0.1) is 24.9 Å². The third kappa shape index (κ3) is 11.5. The van der Waals surface area contributed by atoms with Crippen molar-refractivity contribution >= 4 is 19.7 Å². The predicted octanol–water partition coefficient (Wildman–Crippen LogP) is 0.960. The van der Waals surface area contributed by atoms with Crippen LogP contribution in [0.25, 0.3) is 0 Å². The average Bonchev–Trinajstić information content (AvgIpc) is 2.58. The van der Waals surface area contributed by atoms with Crippen molar-refractivity contribution in [1.29, 1.82) is 0 Å². The van der Waals surface area contributed by atoms with Gasteiger partial charge < -0.3 is 34.4 Å². The standard InChI is InChI=1S/C18H32N2O4.H3O4P/c1-7-14(8-2)24-16-11-13(18(22)23-9-3)10-15(20(5)6)17(16)19-12(4)21;1-5(2,3)4/h11,14-17H,7-10H2,1-6H3,(H,19,21);(H3,1,2,3,4)/t15-,16+,17+;/m0./s1. The number of carbonyl (C=O) groups excluding carboxylic acids is 2. The van der Waals surface area contributed by atoms with Crippen molar-refractivity contribution in [2.24, 2.45) is 0 Å². The van der Waals surface area contributed by atoms with Gasteiger partial charge in [-0.25, -0.2) is 9.36 Å². The van der Waals surface area contributed by atoms with Crippen LogP contribution >= 0.6 is 7.82 Å². The van der Waals surface area contributed by atoms with Crippen LogP contribution in [0.2, 0.25) is 0 Å². The molecule has 0 bridgehead atoms. The summed E-state index contributed by atoms with van der Waals surface area (Å²) in [5.74, 6) is -0.401. The van der Waals surface area contributed by atoms with Crippen LogP contribution in [0.15, 0.2) is 11.6 Å². The number of nitrogens with one attached hydrogen (secondary N) is 1. The normalized spacial score (nSPS) is 21.9. The predicted molar refractivity (Wildman–Crippen MR) is 108 cm³/mol. The number of hydrogen-bond donors (Lipinski definition) is 4. The van der Waals surface area contributed by atoms with E-state index in [0.717, 1.165) is 12.8 Å². The Balaban J connectivity index is 0.00000139. The van der Waals surface area contributed by atoms with Crippen LogP contribution < -0.4 is 5.32 Å². The molecule has 0 radical (unpaired) electrons. The van der Waals surface area contributed by atoms with Crippen molar-refractivity contribution in [2.75, 3.05) is 20.7 Å². The van der Waals surface area contributed by atoms with Gasteiger partial charge in [0.25, 0.3) is 0 Å². The molecule has 0 aromatic rings. The van der Waals surface area contributed by atoms with Gasteiger partial charge in [0.15, 0.2) is 0 Å². The minimum atomic E-state index is -4.64. The highest BCUT2D eigenvalue weighted by atomic mass is 31.2. The maximum atomic E-state index is 12.2. The number of ether oxygens (including phenoxy) is 2. The Morgan fingerprint density at radius 3 is 2.14 bits per heavy atom. The first-order valence-electron chi connectivity index (χ1n) is 9.58. The smallest absolute Gasteiger partial charge is 0.463 e. The fourth-order valence-electron chi connectivity index (χ4n) is 3.06. The zero-order chi connectivity index (χ0) is 22.8. The van der Waals surface area contributed by atoms with Crippen molar-refractivity contribution in [2.45, 2.75) is 71.2 Å². The largest absolute Gasteiger partial charge is 0.466 e. The van der Waals surface area contributed by atoms with Gasteiger partial charge in [0.1, 0.15) is 0 Å². The molecule has 11 heteroatoms. The third-order valence-electron chi connectivity index (χ3n) is 4.39. The molecule has 0 saturated carbocycles. The van der Waals surface area contributed by atoms with E-state index >= 15 is 0 Å². The summed E-state index contributed by atoms with van der Waals surface area (Å²) in [6.45, 7) is 7.79. The molecule has 0 fully saturated rings. The lowest BCUT2D eigenvalue weighted by molar-refractivity contribution is -0.139. The van der Waals surface area contributed by atoms with Gasteiger partial charge in [-0.1, -0.05) is 13.8 Å². The highest BCUT2D eigenvalue weighted by Gasteiger charge is 2.38. The molecule has 1 amide bonds. The zero-order valence-electron chi connectivity index (χ0n) is 18.0. The number of amides is 1. The molecule has 1 rings (SSSR count). The van der Waals surface area contributed by atoms with Crippen molar-refractivity contribution in [3.63, 3.8) is 0 Å². The summed E-state index contributed by atoms with van der Waals surface area (Å²) in [6, 6.07) is -0.228. The second-order valence-corrected chi connectivity index (χ2v) is 7.95. The van der Waals surface area contributed by atoms with Gasteiger partial charge in [-0.05, 0) is 46.4 Å². The summed E-state index contributed by atoms with van der Waals surface area (Å²) >= 11 is 0. The molecule has 0 aromatic carbocycles. The molecule has 29 heavy (non-hydrogen) atoms.